The molecule has 0 aromatic heterocycles. The monoisotopic (exact) mass is 308 g/mol. The van der Waals surface area contributed by atoms with Crippen LogP contribution >= 0.6 is 15.9 Å². The van der Waals surface area contributed by atoms with Crippen molar-refractivity contribution < 1.29 is 9.53 Å². The molecule has 5 heteroatoms. The van der Waals surface area contributed by atoms with Gasteiger partial charge in [-0.3, -0.25) is 4.79 Å². The molecular weight excluding hydrogens is 296 g/mol. The highest BCUT2D eigenvalue weighted by molar-refractivity contribution is 9.10. The SMILES string of the molecule is CC(=O)c1ccc(N2CCOC(C#N)C2)c(Br)c1. The Labute approximate surface area is 114 Å². The summed E-state index contributed by atoms with van der Waals surface area (Å²) < 4.78 is 6.18. The quantitative estimate of drug-likeness (QED) is 0.787. The van der Waals surface area contributed by atoms with Crippen LogP contribution < -0.4 is 4.90 Å². The molecule has 1 atom stereocenters. The molecule has 0 saturated carbocycles. The second-order valence-corrected chi connectivity index (χ2v) is 5.01. The predicted octanol–water partition coefficient (Wildman–Crippen LogP) is 2.38. The van der Waals surface area contributed by atoms with Crippen molar-refractivity contribution in [3.8, 4) is 6.07 Å². The van der Waals surface area contributed by atoms with Crippen molar-refractivity contribution in [2.45, 2.75) is 13.0 Å². The fourth-order valence-electron chi connectivity index (χ4n) is 1.93. The minimum atomic E-state index is -0.391. The second-order valence-electron chi connectivity index (χ2n) is 4.16. The fraction of sp³-hybridized carbons (Fsp3) is 0.385. The molecule has 18 heavy (non-hydrogen) atoms. The number of hydrogen-bond donors (Lipinski definition) is 0. The Kier molecular flexibility index (Phi) is 4.00. The van der Waals surface area contributed by atoms with Gasteiger partial charge >= 0.3 is 0 Å². The number of benzene rings is 1. The molecule has 1 heterocycles. The van der Waals surface area contributed by atoms with Gasteiger partial charge in [0.15, 0.2) is 11.9 Å². The van der Waals surface area contributed by atoms with Crippen LogP contribution in [-0.2, 0) is 4.74 Å². The van der Waals surface area contributed by atoms with Crippen LogP contribution in [0.4, 0.5) is 5.69 Å². The van der Waals surface area contributed by atoms with Gasteiger partial charge in [-0.2, -0.15) is 5.26 Å². The van der Waals surface area contributed by atoms with Crippen molar-refractivity contribution in [1.82, 2.24) is 0 Å². The van der Waals surface area contributed by atoms with Gasteiger partial charge in [-0.25, -0.2) is 0 Å². The number of ether oxygens (including phenoxy) is 1. The zero-order chi connectivity index (χ0) is 13.1. The molecule has 1 aliphatic heterocycles. The van der Waals surface area contributed by atoms with Crippen LogP contribution in [0.2, 0.25) is 0 Å². The van der Waals surface area contributed by atoms with Crippen molar-refractivity contribution in [3.63, 3.8) is 0 Å². The molecule has 1 fully saturated rings. The third kappa shape index (κ3) is 2.71. The summed E-state index contributed by atoms with van der Waals surface area (Å²) in [6.45, 7) is 3.38. The molecule has 0 amide bonds. The van der Waals surface area contributed by atoms with E-state index < -0.39 is 6.10 Å². The van der Waals surface area contributed by atoms with E-state index in [-0.39, 0.29) is 5.78 Å². The largest absolute Gasteiger partial charge is 0.365 e. The number of morpholine rings is 1. The highest BCUT2D eigenvalue weighted by Crippen LogP contribution is 2.28. The molecule has 1 unspecified atom stereocenters. The molecule has 0 radical (unpaired) electrons. The van der Waals surface area contributed by atoms with Crippen LogP contribution in [0.1, 0.15) is 17.3 Å². The van der Waals surface area contributed by atoms with E-state index in [0.717, 1.165) is 16.7 Å². The Bertz CT molecular complexity index is 510. The van der Waals surface area contributed by atoms with Gasteiger partial charge in [-0.05, 0) is 41.1 Å². The van der Waals surface area contributed by atoms with Crippen LogP contribution in [0.3, 0.4) is 0 Å². The molecular formula is C13H13BrN2O2. The Hall–Kier alpha value is -1.38. The Morgan fingerprint density at radius 3 is 3.00 bits per heavy atom. The molecule has 4 nitrogen and oxygen atoms in total. The van der Waals surface area contributed by atoms with Crippen molar-refractivity contribution in [2.24, 2.45) is 0 Å². The van der Waals surface area contributed by atoms with Gasteiger partial charge in [0.1, 0.15) is 0 Å². The Morgan fingerprint density at radius 1 is 1.61 bits per heavy atom. The first-order valence-electron chi connectivity index (χ1n) is 5.68. The molecule has 0 spiro atoms. The number of halogens is 1. The molecule has 0 N–H and O–H groups in total. The number of hydrogen-bond acceptors (Lipinski definition) is 4. The molecule has 1 aliphatic rings. The van der Waals surface area contributed by atoms with E-state index in [4.69, 9.17) is 10.00 Å². The number of Topliss-reactive ketones (excluding diaryl/α,β-unsaturated/α-hetero) is 1. The van der Waals surface area contributed by atoms with Crippen LogP contribution in [0.15, 0.2) is 22.7 Å². The summed E-state index contributed by atoms with van der Waals surface area (Å²) in [5.74, 6) is 0.0409. The summed E-state index contributed by atoms with van der Waals surface area (Å²) in [6.07, 6.45) is -0.391. The van der Waals surface area contributed by atoms with E-state index >= 15 is 0 Å². The number of rotatable bonds is 2. The van der Waals surface area contributed by atoms with E-state index in [1.54, 1.807) is 13.0 Å². The van der Waals surface area contributed by atoms with E-state index in [1.807, 2.05) is 12.1 Å². The Morgan fingerprint density at radius 2 is 2.39 bits per heavy atom. The molecule has 94 valence electrons. The summed E-state index contributed by atoms with van der Waals surface area (Å²) in [4.78, 5) is 13.4. The summed E-state index contributed by atoms with van der Waals surface area (Å²) >= 11 is 3.48. The molecule has 0 bridgehead atoms. The number of nitrogens with zero attached hydrogens (tertiary/aromatic N) is 2. The lowest BCUT2D eigenvalue weighted by atomic mass is 10.1. The fourth-order valence-corrected chi connectivity index (χ4v) is 2.56. The maximum Gasteiger partial charge on any atom is 0.161 e. The summed E-state index contributed by atoms with van der Waals surface area (Å²) in [5.41, 5.74) is 1.67. The van der Waals surface area contributed by atoms with Gasteiger partial charge in [0.2, 0.25) is 0 Å². The van der Waals surface area contributed by atoms with Crippen molar-refractivity contribution in [2.75, 3.05) is 24.6 Å². The van der Waals surface area contributed by atoms with Gasteiger partial charge in [0.25, 0.3) is 0 Å². The molecule has 1 saturated heterocycles. The smallest absolute Gasteiger partial charge is 0.161 e. The first-order valence-corrected chi connectivity index (χ1v) is 6.48. The van der Waals surface area contributed by atoms with E-state index in [9.17, 15) is 4.79 Å². The minimum absolute atomic E-state index is 0.0409. The summed E-state index contributed by atoms with van der Waals surface area (Å²) in [7, 11) is 0. The van der Waals surface area contributed by atoms with Crippen LogP contribution in [-0.4, -0.2) is 31.6 Å². The lowest BCUT2D eigenvalue weighted by Gasteiger charge is -2.32. The normalized spacial score (nSPS) is 19.4. The standard InChI is InChI=1S/C13H13BrN2O2/c1-9(17)10-2-3-13(12(14)6-10)16-4-5-18-11(7-15)8-16/h2-3,6,11H,4-5,8H2,1H3. The molecule has 2 rings (SSSR count). The third-order valence-electron chi connectivity index (χ3n) is 2.91. The van der Waals surface area contributed by atoms with Gasteiger partial charge in [-0.15, -0.1) is 0 Å². The molecule has 1 aromatic rings. The van der Waals surface area contributed by atoms with Gasteiger partial charge in [-0.1, -0.05) is 0 Å². The predicted molar refractivity (Wildman–Crippen MR) is 71.7 cm³/mol. The van der Waals surface area contributed by atoms with E-state index in [1.165, 1.54) is 0 Å². The highest BCUT2D eigenvalue weighted by Gasteiger charge is 2.21. The first kappa shape index (κ1) is 13.1. The number of carbonyl (C=O) groups excluding carboxylic acids is 1. The average Bonchev–Trinajstić information content (AvgIpc) is 2.38. The van der Waals surface area contributed by atoms with Crippen LogP contribution in [0, 0.1) is 11.3 Å². The summed E-state index contributed by atoms with van der Waals surface area (Å²) in [5, 5.41) is 8.88. The van der Waals surface area contributed by atoms with Gasteiger partial charge in [0, 0.05) is 16.6 Å². The zero-order valence-electron chi connectivity index (χ0n) is 10.0. The van der Waals surface area contributed by atoms with Crippen LogP contribution in [0.5, 0.6) is 0 Å². The summed E-state index contributed by atoms with van der Waals surface area (Å²) in [6, 6.07) is 7.64. The average molecular weight is 309 g/mol. The minimum Gasteiger partial charge on any atom is -0.365 e. The highest BCUT2D eigenvalue weighted by atomic mass is 79.9. The number of ketones is 1. The van der Waals surface area contributed by atoms with Gasteiger partial charge in [0.05, 0.1) is 24.9 Å². The maximum absolute atomic E-state index is 11.3. The second kappa shape index (κ2) is 5.51. The van der Waals surface area contributed by atoms with Crippen LogP contribution in [0.25, 0.3) is 0 Å². The molecule has 0 aliphatic carbocycles. The third-order valence-corrected chi connectivity index (χ3v) is 3.54. The van der Waals surface area contributed by atoms with Crippen molar-refractivity contribution in [1.29, 1.82) is 5.26 Å². The molecule has 1 aromatic carbocycles. The van der Waals surface area contributed by atoms with Crippen molar-refractivity contribution in [3.05, 3.63) is 28.2 Å². The number of nitriles is 1. The lowest BCUT2D eigenvalue weighted by molar-refractivity contribution is 0.0764. The Balaban J connectivity index is 2.23. The number of anilines is 1. The van der Waals surface area contributed by atoms with Crippen molar-refractivity contribution >= 4 is 27.4 Å². The van der Waals surface area contributed by atoms with Gasteiger partial charge < -0.3 is 9.64 Å². The van der Waals surface area contributed by atoms with E-state index in [0.29, 0.717) is 18.7 Å². The topological polar surface area (TPSA) is 53.3 Å². The van der Waals surface area contributed by atoms with E-state index in [2.05, 4.69) is 26.9 Å². The first-order chi connectivity index (χ1) is 8.61. The number of carbonyl (C=O) groups is 1. The lowest BCUT2D eigenvalue weighted by Crippen LogP contribution is -2.42. The maximum atomic E-state index is 11.3. The zero-order valence-corrected chi connectivity index (χ0v) is 11.6.